The number of hydrogen-bond donors (Lipinski definition) is 0. The number of ketones is 1. The Morgan fingerprint density at radius 1 is 0.964 bits per heavy atom. The van der Waals surface area contributed by atoms with Gasteiger partial charge in [0.25, 0.3) is 0 Å². The van der Waals surface area contributed by atoms with Crippen molar-refractivity contribution in [2.24, 2.45) is 0 Å². The fourth-order valence-electron chi connectivity index (χ4n) is 3.27. The molecule has 0 fully saturated rings. The molecule has 144 valence electrons. The summed E-state index contributed by atoms with van der Waals surface area (Å²) in [5.74, 6) is 0.710. The highest BCUT2D eigenvalue weighted by molar-refractivity contribution is 5.97. The number of rotatable bonds is 8. The van der Waals surface area contributed by atoms with Crippen LogP contribution in [0, 0.1) is 12.7 Å². The molecule has 0 radical (unpaired) electrons. The van der Waals surface area contributed by atoms with Crippen LogP contribution in [-0.4, -0.2) is 5.78 Å². The van der Waals surface area contributed by atoms with Crippen molar-refractivity contribution in [3.63, 3.8) is 0 Å². The number of ether oxygens (including phenoxy) is 1. The third-order valence-electron chi connectivity index (χ3n) is 4.95. The zero-order valence-electron chi connectivity index (χ0n) is 16.4. The van der Waals surface area contributed by atoms with E-state index in [1.807, 2.05) is 49.4 Å². The second kappa shape index (κ2) is 9.32. The van der Waals surface area contributed by atoms with Gasteiger partial charge in [-0.2, -0.15) is 0 Å². The van der Waals surface area contributed by atoms with Crippen LogP contribution in [0.15, 0.2) is 66.7 Å². The van der Waals surface area contributed by atoms with Crippen molar-refractivity contribution >= 4 is 5.78 Å². The number of carbonyl (C=O) groups is 1. The Kier molecular flexibility index (Phi) is 6.59. The summed E-state index contributed by atoms with van der Waals surface area (Å²) in [6.45, 7) is 4.50. The lowest BCUT2D eigenvalue weighted by Gasteiger charge is -2.11. The molecule has 3 aromatic carbocycles. The van der Waals surface area contributed by atoms with Gasteiger partial charge in [0.05, 0.1) is 0 Å². The van der Waals surface area contributed by atoms with Crippen LogP contribution < -0.4 is 4.74 Å². The van der Waals surface area contributed by atoms with Crippen LogP contribution in [0.25, 0.3) is 0 Å². The molecule has 3 aromatic rings. The monoisotopic (exact) mass is 376 g/mol. The zero-order chi connectivity index (χ0) is 19.9. The summed E-state index contributed by atoms with van der Waals surface area (Å²) < 4.78 is 18.8. The van der Waals surface area contributed by atoms with E-state index in [0.29, 0.717) is 19.4 Å². The molecule has 0 atom stereocenters. The first-order chi connectivity index (χ1) is 13.6. The fraction of sp³-hybridized carbons (Fsp3) is 0.240. The molecule has 0 aliphatic carbocycles. The van der Waals surface area contributed by atoms with E-state index < -0.39 is 0 Å². The van der Waals surface area contributed by atoms with Gasteiger partial charge < -0.3 is 4.74 Å². The van der Waals surface area contributed by atoms with Crippen LogP contribution in [0.2, 0.25) is 0 Å². The molecule has 0 saturated carbocycles. The first kappa shape index (κ1) is 19.8. The Morgan fingerprint density at radius 2 is 1.71 bits per heavy atom. The smallest absolute Gasteiger partial charge is 0.163 e. The van der Waals surface area contributed by atoms with Crippen molar-refractivity contribution in [3.05, 3.63) is 100 Å². The van der Waals surface area contributed by atoms with Crippen molar-refractivity contribution in [3.8, 4) is 5.75 Å². The molecule has 0 spiro atoms. The SMILES string of the molecule is CCc1ccccc1C(=O)CCc1ccc(OCc2ccc(F)cc2)cc1C. The quantitative estimate of drug-likeness (QED) is 0.445. The summed E-state index contributed by atoms with van der Waals surface area (Å²) >= 11 is 0. The Hall–Kier alpha value is -2.94. The Balaban J connectivity index is 1.59. The maximum Gasteiger partial charge on any atom is 0.163 e. The van der Waals surface area contributed by atoms with Crippen molar-refractivity contribution in [1.82, 2.24) is 0 Å². The summed E-state index contributed by atoms with van der Waals surface area (Å²) in [6.07, 6.45) is 2.07. The molecule has 0 heterocycles. The molecular formula is C25H25FO2. The standard InChI is InChI=1S/C25H25FO2/c1-3-20-6-4-5-7-24(20)25(27)15-11-21-10-14-23(16-18(21)2)28-17-19-8-12-22(26)13-9-19/h4-10,12-14,16H,3,11,15,17H2,1-2H3. The third kappa shape index (κ3) is 5.07. The van der Waals surface area contributed by atoms with Crippen LogP contribution in [-0.2, 0) is 19.4 Å². The number of hydrogen-bond acceptors (Lipinski definition) is 2. The Labute approximate surface area is 166 Å². The lowest BCUT2D eigenvalue weighted by molar-refractivity contribution is 0.0982. The molecule has 0 N–H and O–H groups in total. The van der Waals surface area contributed by atoms with E-state index in [1.165, 1.54) is 12.1 Å². The minimum Gasteiger partial charge on any atom is -0.489 e. The summed E-state index contributed by atoms with van der Waals surface area (Å²) in [5.41, 5.74) is 5.11. The van der Waals surface area contributed by atoms with Gasteiger partial charge in [-0.05, 0) is 66.3 Å². The lowest BCUT2D eigenvalue weighted by Crippen LogP contribution is -2.05. The molecule has 0 bridgehead atoms. The van der Waals surface area contributed by atoms with E-state index in [1.54, 1.807) is 12.1 Å². The third-order valence-corrected chi connectivity index (χ3v) is 4.95. The molecule has 3 heteroatoms. The van der Waals surface area contributed by atoms with E-state index >= 15 is 0 Å². The molecule has 3 rings (SSSR count). The largest absolute Gasteiger partial charge is 0.489 e. The summed E-state index contributed by atoms with van der Waals surface area (Å²) in [4.78, 5) is 12.6. The number of Topliss-reactive ketones (excluding diaryl/α,β-unsaturated/α-hetero) is 1. The molecule has 2 nitrogen and oxygen atoms in total. The highest BCUT2D eigenvalue weighted by atomic mass is 19.1. The molecule has 28 heavy (non-hydrogen) atoms. The van der Waals surface area contributed by atoms with Crippen molar-refractivity contribution < 1.29 is 13.9 Å². The van der Waals surface area contributed by atoms with Crippen LogP contribution >= 0.6 is 0 Å². The molecular weight excluding hydrogens is 351 g/mol. The predicted molar refractivity (Wildman–Crippen MR) is 110 cm³/mol. The summed E-state index contributed by atoms with van der Waals surface area (Å²) in [5, 5.41) is 0. The lowest BCUT2D eigenvalue weighted by atomic mass is 9.96. The van der Waals surface area contributed by atoms with Crippen molar-refractivity contribution in [2.45, 2.75) is 39.7 Å². The van der Waals surface area contributed by atoms with E-state index in [-0.39, 0.29) is 11.6 Å². The minimum atomic E-state index is -0.250. The molecule has 0 aromatic heterocycles. The van der Waals surface area contributed by atoms with Gasteiger partial charge in [-0.1, -0.05) is 49.4 Å². The number of benzene rings is 3. The maximum absolute atomic E-state index is 13.0. The highest BCUT2D eigenvalue weighted by Crippen LogP contribution is 2.21. The van der Waals surface area contributed by atoms with Gasteiger partial charge in [0.15, 0.2) is 5.78 Å². The van der Waals surface area contributed by atoms with Crippen LogP contribution in [0.5, 0.6) is 5.75 Å². The predicted octanol–water partition coefficient (Wildman–Crippen LogP) is 6.09. The number of carbonyl (C=O) groups excluding carboxylic acids is 1. The highest BCUT2D eigenvalue weighted by Gasteiger charge is 2.11. The maximum atomic E-state index is 13.0. The molecule has 0 unspecified atom stereocenters. The normalized spacial score (nSPS) is 10.7. The summed E-state index contributed by atoms with van der Waals surface area (Å²) in [6, 6.07) is 20.1. The Bertz CT molecular complexity index is 945. The molecule has 0 aliphatic heterocycles. The minimum absolute atomic E-state index is 0.188. The number of aryl methyl sites for hydroxylation is 3. The van der Waals surface area contributed by atoms with E-state index in [0.717, 1.165) is 40.0 Å². The van der Waals surface area contributed by atoms with Gasteiger partial charge in [0.2, 0.25) is 0 Å². The second-order valence-corrected chi connectivity index (χ2v) is 6.94. The molecule has 0 amide bonds. The number of halogens is 1. The summed E-state index contributed by atoms with van der Waals surface area (Å²) in [7, 11) is 0. The van der Waals surface area contributed by atoms with E-state index in [4.69, 9.17) is 4.74 Å². The van der Waals surface area contributed by atoms with Crippen LogP contribution in [0.3, 0.4) is 0 Å². The van der Waals surface area contributed by atoms with Gasteiger partial charge in [0, 0.05) is 12.0 Å². The first-order valence-electron chi connectivity index (χ1n) is 9.64. The van der Waals surface area contributed by atoms with Crippen LogP contribution in [0.4, 0.5) is 4.39 Å². The second-order valence-electron chi connectivity index (χ2n) is 6.94. The van der Waals surface area contributed by atoms with Gasteiger partial charge in [-0.3, -0.25) is 4.79 Å². The first-order valence-corrected chi connectivity index (χ1v) is 9.64. The van der Waals surface area contributed by atoms with Gasteiger partial charge >= 0.3 is 0 Å². The van der Waals surface area contributed by atoms with E-state index in [9.17, 15) is 9.18 Å². The average molecular weight is 376 g/mol. The average Bonchev–Trinajstić information content (AvgIpc) is 2.72. The van der Waals surface area contributed by atoms with Crippen LogP contribution in [0.1, 0.15) is 46.0 Å². The molecule has 0 aliphatic rings. The van der Waals surface area contributed by atoms with Crippen molar-refractivity contribution in [1.29, 1.82) is 0 Å². The zero-order valence-corrected chi connectivity index (χ0v) is 16.4. The van der Waals surface area contributed by atoms with Crippen molar-refractivity contribution in [2.75, 3.05) is 0 Å². The fourth-order valence-corrected chi connectivity index (χ4v) is 3.27. The topological polar surface area (TPSA) is 26.3 Å². The Morgan fingerprint density at radius 3 is 2.43 bits per heavy atom. The molecule has 0 saturated heterocycles. The van der Waals surface area contributed by atoms with E-state index in [2.05, 4.69) is 6.92 Å². The van der Waals surface area contributed by atoms with Gasteiger partial charge in [-0.15, -0.1) is 0 Å². The van der Waals surface area contributed by atoms with Gasteiger partial charge in [0.1, 0.15) is 18.2 Å². The van der Waals surface area contributed by atoms with Gasteiger partial charge in [-0.25, -0.2) is 4.39 Å².